The van der Waals surface area contributed by atoms with Crippen LogP contribution >= 0.6 is 0 Å². The Hall–Kier alpha value is -2.24. The van der Waals surface area contributed by atoms with Gasteiger partial charge in [-0.25, -0.2) is 4.79 Å². The molecule has 1 aromatic rings. The van der Waals surface area contributed by atoms with Crippen molar-refractivity contribution in [3.05, 3.63) is 29.8 Å². The third kappa shape index (κ3) is 3.25. The summed E-state index contributed by atoms with van der Waals surface area (Å²) >= 11 is 0. The molecule has 6 heteroatoms. The van der Waals surface area contributed by atoms with Crippen LogP contribution in [0.4, 0.5) is 4.79 Å². The summed E-state index contributed by atoms with van der Waals surface area (Å²) in [6.45, 7) is 6.65. The number of carbonyl (C=O) groups is 1. The van der Waals surface area contributed by atoms with E-state index in [0.29, 0.717) is 13.1 Å². The van der Waals surface area contributed by atoms with Crippen LogP contribution in [0.2, 0.25) is 0 Å². The minimum Gasteiger partial charge on any atom is -0.497 e. The van der Waals surface area contributed by atoms with Gasteiger partial charge >= 0.3 is 6.09 Å². The number of nitrogens with zero attached hydrogens (tertiary/aromatic N) is 2. The van der Waals surface area contributed by atoms with E-state index in [1.165, 1.54) is 0 Å². The zero-order chi connectivity index (χ0) is 16.6. The summed E-state index contributed by atoms with van der Waals surface area (Å²) < 4.78 is 10.6. The summed E-state index contributed by atoms with van der Waals surface area (Å²) in [6, 6.07) is 7.70. The summed E-state index contributed by atoms with van der Waals surface area (Å²) in [5, 5.41) is 4.21. The molecular weight excluding hydrogens is 296 g/mol. The van der Waals surface area contributed by atoms with Crippen molar-refractivity contribution in [3.8, 4) is 5.75 Å². The maximum absolute atomic E-state index is 12.2. The van der Waals surface area contributed by atoms with Crippen LogP contribution in [0.1, 0.15) is 26.3 Å². The van der Waals surface area contributed by atoms with Crippen LogP contribution in [0.25, 0.3) is 0 Å². The SMILES string of the molecule is COc1ccc(C2=NO[C@@H]3CN(C(=O)OC(C)(C)C)C[C@H]23)cc1. The molecule has 0 spiro atoms. The summed E-state index contributed by atoms with van der Waals surface area (Å²) in [6.07, 6.45) is -0.399. The Labute approximate surface area is 136 Å². The molecule has 0 bridgehead atoms. The summed E-state index contributed by atoms with van der Waals surface area (Å²) in [5.41, 5.74) is 1.37. The lowest BCUT2D eigenvalue weighted by molar-refractivity contribution is 0.0228. The highest BCUT2D eigenvalue weighted by molar-refractivity contribution is 6.03. The zero-order valence-corrected chi connectivity index (χ0v) is 13.9. The first-order valence-electron chi connectivity index (χ1n) is 7.73. The van der Waals surface area contributed by atoms with Gasteiger partial charge in [0.2, 0.25) is 0 Å². The number of likely N-dealkylation sites (tertiary alicyclic amines) is 1. The predicted octanol–water partition coefficient (Wildman–Crippen LogP) is 2.67. The summed E-state index contributed by atoms with van der Waals surface area (Å²) in [5.74, 6) is 0.877. The lowest BCUT2D eigenvalue weighted by Gasteiger charge is -2.24. The summed E-state index contributed by atoms with van der Waals surface area (Å²) in [7, 11) is 1.64. The van der Waals surface area contributed by atoms with Gasteiger partial charge in [-0.15, -0.1) is 0 Å². The first kappa shape index (κ1) is 15.6. The van der Waals surface area contributed by atoms with E-state index in [4.69, 9.17) is 14.3 Å². The standard InChI is InChI=1S/C17H22N2O4/c1-17(2,3)22-16(20)19-9-13-14(10-19)23-18-15(13)11-5-7-12(21-4)8-6-11/h5-8,13-14H,9-10H2,1-4H3/t13-,14+/m0/s1. The number of benzene rings is 1. The maximum atomic E-state index is 12.2. The fourth-order valence-electron chi connectivity index (χ4n) is 2.84. The van der Waals surface area contributed by atoms with E-state index in [1.54, 1.807) is 12.0 Å². The van der Waals surface area contributed by atoms with E-state index >= 15 is 0 Å². The molecule has 0 aliphatic carbocycles. The first-order valence-corrected chi connectivity index (χ1v) is 7.73. The van der Waals surface area contributed by atoms with Crippen LogP contribution in [0.15, 0.2) is 29.4 Å². The molecule has 2 atom stereocenters. The number of methoxy groups -OCH3 is 1. The molecule has 0 saturated carbocycles. The van der Waals surface area contributed by atoms with Crippen molar-refractivity contribution >= 4 is 11.8 Å². The number of fused-ring (bicyclic) bond motifs is 1. The molecule has 1 amide bonds. The highest BCUT2D eigenvalue weighted by atomic mass is 16.6. The number of amides is 1. The third-order valence-corrected chi connectivity index (χ3v) is 3.94. The second kappa shape index (κ2) is 5.76. The Morgan fingerprint density at radius 2 is 1.96 bits per heavy atom. The van der Waals surface area contributed by atoms with E-state index < -0.39 is 5.60 Å². The molecule has 2 heterocycles. The number of rotatable bonds is 2. The monoisotopic (exact) mass is 318 g/mol. The van der Waals surface area contributed by atoms with Gasteiger partial charge in [0.05, 0.1) is 25.3 Å². The van der Waals surface area contributed by atoms with E-state index in [2.05, 4.69) is 5.16 Å². The largest absolute Gasteiger partial charge is 0.497 e. The normalized spacial score (nSPS) is 23.1. The quantitative estimate of drug-likeness (QED) is 0.841. The highest BCUT2D eigenvalue weighted by Crippen LogP contribution is 2.31. The van der Waals surface area contributed by atoms with Gasteiger partial charge in [0.25, 0.3) is 0 Å². The fourth-order valence-corrected chi connectivity index (χ4v) is 2.84. The minimum absolute atomic E-state index is 0.0795. The van der Waals surface area contributed by atoms with Gasteiger partial charge in [-0.3, -0.25) is 0 Å². The van der Waals surface area contributed by atoms with E-state index in [0.717, 1.165) is 17.0 Å². The molecule has 23 heavy (non-hydrogen) atoms. The van der Waals surface area contributed by atoms with Gasteiger partial charge in [-0.05, 0) is 45.0 Å². The number of hydrogen-bond acceptors (Lipinski definition) is 5. The second-order valence-electron chi connectivity index (χ2n) is 6.84. The number of ether oxygens (including phenoxy) is 2. The smallest absolute Gasteiger partial charge is 0.410 e. The molecule has 1 saturated heterocycles. The lowest BCUT2D eigenvalue weighted by Crippen LogP contribution is -2.36. The molecule has 0 N–H and O–H groups in total. The Morgan fingerprint density at radius 1 is 1.26 bits per heavy atom. The van der Waals surface area contributed by atoms with E-state index in [-0.39, 0.29) is 18.1 Å². The molecule has 6 nitrogen and oxygen atoms in total. The molecule has 0 unspecified atom stereocenters. The second-order valence-corrected chi connectivity index (χ2v) is 6.84. The van der Waals surface area contributed by atoms with Crippen molar-refractivity contribution in [2.45, 2.75) is 32.5 Å². The molecule has 1 fully saturated rings. The van der Waals surface area contributed by atoms with Crippen molar-refractivity contribution in [1.82, 2.24) is 4.90 Å². The lowest BCUT2D eigenvalue weighted by atomic mass is 9.95. The van der Waals surface area contributed by atoms with Gasteiger partial charge in [-0.1, -0.05) is 5.16 Å². The average Bonchev–Trinajstić information content (AvgIpc) is 3.05. The van der Waals surface area contributed by atoms with Crippen molar-refractivity contribution in [1.29, 1.82) is 0 Å². The van der Waals surface area contributed by atoms with Crippen LogP contribution in [0.5, 0.6) is 5.75 Å². The van der Waals surface area contributed by atoms with Crippen LogP contribution in [-0.4, -0.2) is 48.6 Å². The number of hydrogen-bond donors (Lipinski definition) is 0. The van der Waals surface area contributed by atoms with E-state index in [9.17, 15) is 4.79 Å². The van der Waals surface area contributed by atoms with Crippen LogP contribution in [-0.2, 0) is 9.57 Å². The van der Waals surface area contributed by atoms with Gasteiger partial charge in [-0.2, -0.15) is 0 Å². The first-order chi connectivity index (χ1) is 10.9. The van der Waals surface area contributed by atoms with Gasteiger partial charge in [0.1, 0.15) is 11.4 Å². The molecule has 0 radical (unpaired) electrons. The van der Waals surface area contributed by atoms with Crippen molar-refractivity contribution < 1.29 is 19.1 Å². The van der Waals surface area contributed by atoms with Gasteiger partial charge in [0.15, 0.2) is 6.10 Å². The van der Waals surface area contributed by atoms with E-state index in [1.807, 2.05) is 45.0 Å². The summed E-state index contributed by atoms with van der Waals surface area (Å²) in [4.78, 5) is 19.4. The van der Waals surface area contributed by atoms with Crippen molar-refractivity contribution in [2.75, 3.05) is 20.2 Å². The van der Waals surface area contributed by atoms with Crippen LogP contribution in [0, 0.1) is 5.92 Å². The molecule has 0 aromatic heterocycles. The predicted molar refractivity (Wildman–Crippen MR) is 85.7 cm³/mol. The van der Waals surface area contributed by atoms with Crippen molar-refractivity contribution in [3.63, 3.8) is 0 Å². The molecule has 3 rings (SSSR count). The van der Waals surface area contributed by atoms with Gasteiger partial charge in [0, 0.05) is 12.1 Å². The Kier molecular flexibility index (Phi) is 3.92. The Morgan fingerprint density at radius 3 is 2.57 bits per heavy atom. The average molecular weight is 318 g/mol. The van der Waals surface area contributed by atoms with Crippen molar-refractivity contribution in [2.24, 2.45) is 11.1 Å². The topological polar surface area (TPSA) is 60.4 Å². The zero-order valence-electron chi connectivity index (χ0n) is 13.9. The molecule has 2 aliphatic heterocycles. The van der Waals surface area contributed by atoms with Crippen LogP contribution in [0.3, 0.4) is 0 Å². The maximum Gasteiger partial charge on any atom is 0.410 e. The molecule has 124 valence electrons. The Bertz CT molecular complexity index is 618. The molecule has 1 aromatic carbocycles. The van der Waals surface area contributed by atoms with Crippen LogP contribution < -0.4 is 4.74 Å². The van der Waals surface area contributed by atoms with Gasteiger partial charge < -0.3 is 19.2 Å². The Balaban J connectivity index is 1.70. The number of oxime groups is 1. The fraction of sp³-hybridized carbons (Fsp3) is 0.529. The molecular formula is C17H22N2O4. The number of carbonyl (C=O) groups excluding carboxylic acids is 1. The third-order valence-electron chi connectivity index (χ3n) is 3.94. The molecule has 2 aliphatic rings. The highest BCUT2D eigenvalue weighted by Gasteiger charge is 2.45. The minimum atomic E-state index is -0.497.